The fourth-order valence-electron chi connectivity index (χ4n) is 1.30. The van der Waals surface area contributed by atoms with E-state index in [2.05, 4.69) is 10.5 Å². The van der Waals surface area contributed by atoms with Crippen molar-refractivity contribution in [3.05, 3.63) is 41.8 Å². The maximum atomic E-state index is 11.6. The Bertz CT molecular complexity index is 506. The smallest absolute Gasteiger partial charge is 0.294 e. The highest BCUT2D eigenvalue weighted by atomic mass is 16.5. The minimum Gasteiger partial charge on any atom is -0.397 e. The monoisotopic (exact) mass is 217 g/mol. The first-order valence-electron chi connectivity index (χ1n) is 4.75. The molecular weight excluding hydrogens is 206 g/mol. The van der Waals surface area contributed by atoms with Gasteiger partial charge in [-0.05, 0) is 24.6 Å². The van der Waals surface area contributed by atoms with Gasteiger partial charge in [-0.15, -0.1) is 0 Å². The first-order chi connectivity index (χ1) is 7.66. The summed E-state index contributed by atoms with van der Waals surface area (Å²) in [5.41, 5.74) is 7.83. The van der Waals surface area contributed by atoms with Crippen LogP contribution in [0.15, 0.2) is 35.0 Å². The molecule has 5 heteroatoms. The number of benzene rings is 1. The maximum Gasteiger partial charge on any atom is 0.294 e. The van der Waals surface area contributed by atoms with Gasteiger partial charge in [-0.2, -0.15) is 0 Å². The highest BCUT2D eigenvalue weighted by Gasteiger charge is 2.11. The van der Waals surface area contributed by atoms with Gasteiger partial charge in [0.25, 0.3) is 5.91 Å². The van der Waals surface area contributed by atoms with Crippen LogP contribution in [0.2, 0.25) is 0 Å². The van der Waals surface area contributed by atoms with E-state index in [1.807, 2.05) is 13.0 Å². The van der Waals surface area contributed by atoms with Gasteiger partial charge < -0.3 is 15.6 Å². The molecule has 3 N–H and O–H groups in total. The molecule has 0 saturated heterocycles. The Labute approximate surface area is 92.2 Å². The fraction of sp³-hybridized carbons (Fsp3) is 0.0909. The van der Waals surface area contributed by atoms with Crippen molar-refractivity contribution in [3.8, 4) is 0 Å². The molecule has 1 heterocycles. The number of nitrogens with zero attached hydrogens (tertiary/aromatic N) is 1. The highest BCUT2D eigenvalue weighted by molar-refractivity contribution is 6.03. The summed E-state index contributed by atoms with van der Waals surface area (Å²) in [6.07, 6.45) is 1.41. The van der Waals surface area contributed by atoms with Crippen LogP contribution in [0.5, 0.6) is 0 Å². The van der Waals surface area contributed by atoms with Crippen LogP contribution < -0.4 is 11.1 Å². The van der Waals surface area contributed by atoms with Crippen LogP contribution in [0.1, 0.15) is 16.1 Å². The van der Waals surface area contributed by atoms with E-state index in [1.165, 1.54) is 12.3 Å². The van der Waals surface area contributed by atoms with E-state index in [0.29, 0.717) is 11.4 Å². The number of nitrogen functional groups attached to an aromatic ring is 1. The van der Waals surface area contributed by atoms with Crippen molar-refractivity contribution in [1.82, 2.24) is 5.16 Å². The van der Waals surface area contributed by atoms with Gasteiger partial charge in [-0.1, -0.05) is 11.2 Å². The third-order valence-electron chi connectivity index (χ3n) is 2.12. The summed E-state index contributed by atoms with van der Waals surface area (Å²) in [5, 5.41) is 6.11. The third-order valence-corrected chi connectivity index (χ3v) is 2.12. The number of nitrogens with one attached hydrogen (secondary N) is 1. The second-order valence-corrected chi connectivity index (χ2v) is 3.42. The molecule has 0 aliphatic rings. The first kappa shape index (κ1) is 10.2. The van der Waals surface area contributed by atoms with Crippen LogP contribution in [0.3, 0.4) is 0 Å². The summed E-state index contributed by atoms with van der Waals surface area (Å²) in [6.45, 7) is 1.92. The molecule has 0 saturated carbocycles. The Morgan fingerprint density at radius 1 is 1.44 bits per heavy atom. The van der Waals surface area contributed by atoms with Crippen molar-refractivity contribution in [3.63, 3.8) is 0 Å². The largest absolute Gasteiger partial charge is 0.397 e. The molecule has 0 spiro atoms. The predicted molar refractivity (Wildman–Crippen MR) is 60.0 cm³/mol. The summed E-state index contributed by atoms with van der Waals surface area (Å²) in [7, 11) is 0. The Kier molecular flexibility index (Phi) is 2.59. The van der Waals surface area contributed by atoms with Crippen LogP contribution in [0.25, 0.3) is 0 Å². The zero-order valence-corrected chi connectivity index (χ0v) is 8.73. The summed E-state index contributed by atoms with van der Waals surface area (Å²) in [5.74, 6) is -0.212. The summed E-state index contributed by atoms with van der Waals surface area (Å²) in [6, 6.07) is 6.90. The van der Waals surface area contributed by atoms with Crippen molar-refractivity contribution in [2.24, 2.45) is 0 Å². The van der Waals surface area contributed by atoms with E-state index in [0.717, 1.165) is 5.56 Å². The topological polar surface area (TPSA) is 81.1 Å². The van der Waals surface area contributed by atoms with Crippen molar-refractivity contribution >= 4 is 17.3 Å². The molecular formula is C11H11N3O2. The number of carbonyl (C=O) groups excluding carboxylic acids is 1. The number of hydrogen-bond donors (Lipinski definition) is 2. The molecule has 2 aromatic rings. The second kappa shape index (κ2) is 4.06. The molecule has 0 aliphatic heterocycles. The lowest BCUT2D eigenvalue weighted by molar-refractivity contribution is 0.0988. The van der Waals surface area contributed by atoms with E-state index >= 15 is 0 Å². The standard InChI is InChI=1S/C11H11N3O2/c1-7-2-3-8(12)9(6-7)14-11(15)10-4-5-13-16-10/h2-6H,12H2,1H3,(H,14,15). The van der Waals surface area contributed by atoms with Gasteiger partial charge in [0.15, 0.2) is 0 Å². The minimum absolute atomic E-state index is 0.154. The van der Waals surface area contributed by atoms with Crippen LogP contribution in [0, 0.1) is 6.92 Å². The normalized spacial score (nSPS) is 10.1. The van der Waals surface area contributed by atoms with Gasteiger partial charge in [0.1, 0.15) is 0 Å². The average Bonchev–Trinajstić information content (AvgIpc) is 2.76. The third kappa shape index (κ3) is 2.03. The van der Waals surface area contributed by atoms with Gasteiger partial charge in [0.05, 0.1) is 17.6 Å². The number of amides is 1. The average molecular weight is 217 g/mol. The van der Waals surface area contributed by atoms with E-state index in [1.54, 1.807) is 12.1 Å². The number of rotatable bonds is 2. The summed E-state index contributed by atoms with van der Waals surface area (Å²) in [4.78, 5) is 11.6. The van der Waals surface area contributed by atoms with Crippen LogP contribution in [-0.4, -0.2) is 11.1 Å². The highest BCUT2D eigenvalue weighted by Crippen LogP contribution is 2.20. The molecule has 1 aromatic carbocycles. The van der Waals surface area contributed by atoms with Crippen LogP contribution in [0.4, 0.5) is 11.4 Å². The van der Waals surface area contributed by atoms with E-state index in [9.17, 15) is 4.79 Å². The lowest BCUT2D eigenvalue weighted by Crippen LogP contribution is -2.12. The molecule has 5 nitrogen and oxygen atoms in total. The predicted octanol–water partition coefficient (Wildman–Crippen LogP) is 1.82. The fourth-order valence-corrected chi connectivity index (χ4v) is 1.30. The van der Waals surface area contributed by atoms with Gasteiger partial charge in [-0.3, -0.25) is 4.79 Å². The van der Waals surface area contributed by atoms with Crippen molar-refractivity contribution in [2.45, 2.75) is 6.92 Å². The van der Waals surface area contributed by atoms with E-state index < -0.39 is 0 Å². The number of anilines is 2. The van der Waals surface area contributed by atoms with E-state index in [4.69, 9.17) is 10.3 Å². The number of aromatic nitrogens is 1. The van der Waals surface area contributed by atoms with Crippen LogP contribution >= 0.6 is 0 Å². The molecule has 0 unspecified atom stereocenters. The lowest BCUT2D eigenvalue weighted by Gasteiger charge is -2.07. The van der Waals surface area contributed by atoms with Crippen molar-refractivity contribution < 1.29 is 9.32 Å². The SMILES string of the molecule is Cc1ccc(N)c(NC(=O)c2ccno2)c1. The Hall–Kier alpha value is -2.30. The van der Waals surface area contributed by atoms with E-state index in [-0.39, 0.29) is 11.7 Å². The molecule has 0 atom stereocenters. The van der Waals surface area contributed by atoms with Gasteiger partial charge in [0, 0.05) is 6.07 Å². The Morgan fingerprint density at radius 2 is 2.25 bits per heavy atom. The molecule has 0 bridgehead atoms. The Balaban J connectivity index is 2.21. The number of nitrogens with two attached hydrogens (primary N) is 1. The van der Waals surface area contributed by atoms with Gasteiger partial charge >= 0.3 is 0 Å². The quantitative estimate of drug-likeness (QED) is 0.752. The number of carbonyl (C=O) groups is 1. The molecule has 2 rings (SSSR count). The molecule has 0 aliphatic carbocycles. The lowest BCUT2D eigenvalue weighted by atomic mass is 10.2. The summed E-state index contributed by atoms with van der Waals surface area (Å²) < 4.78 is 4.73. The molecule has 0 fully saturated rings. The summed E-state index contributed by atoms with van der Waals surface area (Å²) >= 11 is 0. The zero-order chi connectivity index (χ0) is 11.5. The number of aryl methyl sites for hydroxylation is 1. The number of hydrogen-bond acceptors (Lipinski definition) is 4. The molecule has 16 heavy (non-hydrogen) atoms. The second-order valence-electron chi connectivity index (χ2n) is 3.42. The van der Waals surface area contributed by atoms with Crippen molar-refractivity contribution in [2.75, 3.05) is 11.1 Å². The van der Waals surface area contributed by atoms with Crippen LogP contribution in [-0.2, 0) is 0 Å². The van der Waals surface area contributed by atoms with Crippen molar-refractivity contribution in [1.29, 1.82) is 0 Å². The maximum absolute atomic E-state index is 11.6. The molecule has 82 valence electrons. The molecule has 1 amide bonds. The van der Waals surface area contributed by atoms with Gasteiger partial charge in [0.2, 0.25) is 5.76 Å². The first-order valence-corrected chi connectivity index (χ1v) is 4.75. The zero-order valence-electron chi connectivity index (χ0n) is 8.73. The van der Waals surface area contributed by atoms with Gasteiger partial charge in [-0.25, -0.2) is 0 Å². The molecule has 0 radical (unpaired) electrons. The minimum atomic E-state index is -0.366. The Morgan fingerprint density at radius 3 is 2.94 bits per heavy atom. The molecule has 1 aromatic heterocycles.